The molecular formula is C15H7F3N2O. The summed E-state index contributed by atoms with van der Waals surface area (Å²) in [5, 5.41) is 0.441. The van der Waals surface area contributed by atoms with Crippen LogP contribution in [0.5, 0.6) is 11.5 Å². The predicted molar refractivity (Wildman–Crippen MR) is 71.0 cm³/mol. The lowest BCUT2D eigenvalue weighted by Gasteiger charge is -2.08. The third-order valence-corrected chi connectivity index (χ3v) is 2.96. The first-order valence-electron chi connectivity index (χ1n) is 5.90. The lowest BCUT2D eigenvalue weighted by atomic mass is 10.2. The maximum absolute atomic E-state index is 13.9. The van der Waals surface area contributed by atoms with Crippen LogP contribution < -0.4 is 4.74 Å². The molecule has 2 aromatic carbocycles. The van der Waals surface area contributed by atoms with Crippen molar-refractivity contribution in [1.82, 2.24) is 4.98 Å². The van der Waals surface area contributed by atoms with Gasteiger partial charge in [0.05, 0.1) is 12.1 Å². The zero-order valence-electron chi connectivity index (χ0n) is 10.5. The van der Waals surface area contributed by atoms with Crippen molar-refractivity contribution in [2.75, 3.05) is 0 Å². The molecule has 1 heterocycles. The lowest BCUT2D eigenvalue weighted by Crippen LogP contribution is -1.93. The van der Waals surface area contributed by atoms with E-state index in [9.17, 15) is 13.2 Å². The van der Waals surface area contributed by atoms with Crippen molar-refractivity contribution in [3.05, 3.63) is 65.4 Å². The molecule has 3 nitrogen and oxygen atoms in total. The molecule has 0 radical (unpaired) electrons. The molecule has 0 saturated carbocycles. The van der Waals surface area contributed by atoms with Gasteiger partial charge in [0, 0.05) is 11.6 Å². The topological polar surface area (TPSA) is 29.4 Å². The van der Waals surface area contributed by atoms with Crippen molar-refractivity contribution < 1.29 is 17.9 Å². The summed E-state index contributed by atoms with van der Waals surface area (Å²) >= 11 is 0. The number of ether oxygens (including phenoxy) is 1. The molecule has 3 aromatic rings. The number of rotatable bonds is 2. The quantitative estimate of drug-likeness (QED) is 0.666. The predicted octanol–water partition coefficient (Wildman–Crippen LogP) is 4.93. The molecule has 0 saturated heterocycles. The molecular weight excluding hydrogens is 281 g/mol. The van der Waals surface area contributed by atoms with E-state index in [1.807, 2.05) is 0 Å². The molecule has 0 fully saturated rings. The van der Waals surface area contributed by atoms with E-state index >= 15 is 0 Å². The van der Waals surface area contributed by atoms with Crippen molar-refractivity contribution in [3.63, 3.8) is 0 Å². The Bertz CT molecular complexity index is 880. The molecule has 6 heteroatoms. The van der Waals surface area contributed by atoms with Gasteiger partial charge in [0.1, 0.15) is 11.6 Å². The van der Waals surface area contributed by atoms with Crippen LogP contribution in [0, 0.1) is 24.0 Å². The minimum atomic E-state index is -1.15. The number of nitrogens with zero attached hydrogens (tertiary/aromatic N) is 1. The van der Waals surface area contributed by atoms with E-state index in [0.717, 1.165) is 12.1 Å². The number of hydrogen-bond donors (Lipinski definition) is 1. The van der Waals surface area contributed by atoms with Gasteiger partial charge in [-0.25, -0.2) is 13.6 Å². The van der Waals surface area contributed by atoms with Gasteiger partial charge in [-0.3, -0.25) is 0 Å². The van der Waals surface area contributed by atoms with E-state index in [1.54, 1.807) is 6.07 Å². The standard InChI is InChI=1S/C15H7F3N2O/c1-19-11-7-9(2-3-10(11)16)21-12-6-8-4-5-20-15(8)14(18)13(12)17/h2-7,20H. The number of aromatic nitrogens is 1. The van der Waals surface area contributed by atoms with Gasteiger partial charge in [-0.2, -0.15) is 4.39 Å². The monoisotopic (exact) mass is 288 g/mol. The molecule has 21 heavy (non-hydrogen) atoms. The minimum absolute atomic E-state index is 0.0424. The Morgan fingerprint density at radius 3 is 2.62 bits per heavy atom. The number of hydrogen-bond acceptors (Lipinski definition) is 1. The highest BCUT2D eigenvalue weighted by molar-refractivity contribution is 5.81. The van der Waals surface area contributed by atoms with Crippen LogP contribution in [0.2, 0.25) is 0 Å². The van der Waals surface area contributed by atoms with Crippen LogP contribution >= 0.6 is 0 Å². The minimum Gasteiger partial charge on any atom is -0.455 e. The van der Waals surface area contributed by atoms with Crippen molar-refractivity contribution in [2.45, 2.75) is 0 Å². The molecule has 3 rings (SSSR count). The van der Waals surface area contributed by atoms with E-state index < -0.39 is 17.5 Å². The lowest BCUT2D eigenvalue weighted by molar-refractivity contribution is 0.419. The van der Waals surface area contributed by atoms with E-state index in [-0.39, 0.29) is 22.7 Å². The van der Waals surface area contributed by atoms with Gasteiger partial charge in [-0.05, 0) is 30.3 Å². The summed E-state index contributed by atoms with van der Waals surface area (Å²) in [6.07, 6.45) is 1.48. The number of fused-ring (bicyclic) bond motifs is 1. The fraction of sp³-hybridized carbons (Fsp3) is 0. The zero-order valence-corrected chi connectivity index (χ0v) is 10.5. The summed E-state index contributed by atoms with van der Waals surface area (Å²) < 4.78 is 46.1. The van der Waals surface area contributed by atoms with E-state index in [0.29, 0.717) is 5.39 Å². The number of nitrogens with one attached hydrogen (secondary N) is 1. The molecule has 0 unspecified atom stereocenters. The second-order valence-electron chi connectivity index (χ2n) is 4.27. The first-order chi connectivity index (χ1) is 10.1. The van der Waals surface area contributed by atoms with Gasteiger partial charge in [-0.1, -0.05) is 0 Å². The van der Waals surface area contributed by atoms with Gasteiger partial charge >= 0.3 is 0 Å². The molecule has 0 aliphatic carbocycles. The van der Waals surface area contributed by atoms with Gasteiger partial charge < -0.3 is 9.72 Å². The number of halogens is 3. The van der Waals surface area contributed by atoms with Crippen LogP contribution in [0.15, 0.2) is 36.5 Å². The number of H-pyrrole nitrogens is 1. The Labute approximate surface area is 117 Å². The summed E-state index contributed by atoms with van der Waals surface area (Å²) in [6.45, 7) is 6.82. The van der Waals surface area contributed by atoms with Gasteiger partial charge in [-0.15, -0.1) is 0 Å². The molecule has 104 valence electrons. The summed E-state index contributed by atoms with van der Waals surface area (Å²) in [5.74, 6) is -3.19. The third-order valence-electron chi connectivity index (χ3n) is 2.96. The van der Waals surface area contributed by atoms with Gasteiger partial charge in [0.2, 0.25) is 11.5 Å². The zero-order chi connectivity index (χ0) is 15.0. The van der Waals surface area contributed by atoms with Crippen LogP contribution in [0.1, 0.15) is 0 Å². The van der Waals surface area contributed by atoms with Gasteiger partial charge in [0.15, 0.2) is 11.6 Å². The summed E-state index contributed by atoms with van der Waals surface area (Å²) in [4.78, 5) is 5.56. The number of aromatic amines is 1. The average Bonchev–Trinajstić information content (AvgIpc) is 2.94. The second-order valence-corrected chi connectivity index (χ2v) is 4.27. The summed E-state index contributed by atoms with van der Waals surface area (Å²) in [7, 11) is 0. The fourth-order valence-electron chi connectivity index (χ4n) is 1.96. The Kier molecular flexibility index (Phi) is 3.03. The highest BCUT2D eigenvalue weighted by atomic mass is 19.2. The normalized spacial score (nSPS) is 10.6. The van der Waals surface area contributed by atoms with Crippen molar-refractivity contribution in [2.24, 2.45) is 0 Å². The van der Waals surface area contributed by atoms with E-state index in [2.05, 4.69) is 9.83 Å². The van der Waals surface area contributed by atoms with Crippen molar-refractivity contribution in [1.29, 1.82) is 0 Å². The molecule has 0 spiro atoms. The Hall–Kier alpha value is -2.94. The Balaban J connectivity index is 2.06. The van der Waals surface area contributed by atoms with E-state index in [4.69, 9.17) is 11.3 Å². The Morgan fingerprint density at radius 1 is 1.05 bits per heavy atom. The highest BCUT2D eigenvalue weighted by Crippen LogP contribution is 2.33. The largest absolute Gasteiger partial charge is 0.455 e. The second kappa shape index (κ2) is 4.87. The molecule has 0 atom stereocenters. The highest BCUT2D eigenvalue weighted by Gasteiger charge is 2.16. The third kappa shape index (κ3) is 2.19. The van der Waals surface area contributed by atoms with Crippen LogP contribution in [0.25, 0.3) is 15.7 Å². The van der Waals surface area contributed by atoms with E-state index in [1.165, 1.54) is 18.3 Å². The number of benzene rings is 2. The average molecular weight is 288 g/mol. The molecule has 1 N–H and O–H groups in total. The van der Waals surface area contributed by atoms with Crippen molar-refractivity contribution in [3.8, 4) is 11.5 Å². The van der Waals surface area contributed by atoms with Crippen LogP contribution in [-0.2, 0) is 0 Å². The van der Waals surface area contributed by atoms with Crippen LogP contribution in [0.4, 0.5) is 18.9 Å². The van der Waals surface area contributed by atoms with Crippen molar-refractivity contribution >= 4 is 16.6 Å². The smallest absolute Gasteiger partial charge is 0.225 e. The first kappa shape index (κ1) is 13.1. The molecule has 0 bridgehead atoms. The fourth-order valence-corrected chi connectivity index (χ4v) is 1.96. The molecule has 1 aromatic heterocycles. The summed E-state index contributed by atoms with van der Waals surface area (Å²) in [5.41, 5.74) is -0.211. The maximum atomic E-state index is 13.9. The van der Waals surface area contributed by atoms with Crippen LogP contribution in [0.3, 0.4) is 0 Å². The summed E-state index contributed by atoms with van der Waals surface area (Å²) in [6, 6.07) is 6.29. The molecule has 0 amide bonds. The molecule has 0 aliphatic heterocycles. The van der Waals surface area contributed by atoms with Crippen LogP contribution in [-0.4, -0.2) is 4.98 Å². The molecule has 0 aliphatic rings. The SMILES string of the molecule is [C-]#[N+]c1cc(Oc2cc3cc[nH]c3c(F)c2F)ccc1F. The first-order valence-corrected chi connectivity index (χ1v) is 5.90. The Morgan fingerprint density at radius 2 is 1.86 bits per heavy atom. The van der Waals surface area contributed by atoms with Gasteiger partial charge in [0.25, 0.3) is 0 Å². The maximum Gasteiger partial charge on any atom is 0.225 e.